The van der Waals surface area contributed by atoms with Crippen LogP contribution in [0.4, 0.5) is 5.82 Å². The summed E-state index contributed by atoms with van der Waals surface area (Å²) in [5.41, 5.74) is 4.11. The number of benzene rings is 2. The van der Waals surface area contributed by atoms with Gasteiger partial charge in [-0.2, -0.15) is 0 Å². The summed E-state index contributed by atoms with van der Waals surface area (Å²) in [6.07, 6.45) is 3.40. The van der Waals surface area contributed by atoms with Gasteiger partial charge in [-0.3, -0.25) is 14.2 Å². The summed E-state index contributed by atoms with van der Waals surface area (Å²) < 4.78 is 1.59. The zero-order valence-corrected chi connectivity index (χ0v) is 18.0. The van der Waals surface area contributed by atoms with Gasteiger partial charge in [0.25, 0.3) is 5.56 Å². The Labute approximate surface area is 182 Å². The summed E-state index contributed by atoms with van der Waals surface area (Å²) >= 11 is 0. The van der Waals surface area contributed by atoms with Gasteiger partial charge in [-0.05, 0) is 43.5 Å². The van der Waals surface area contributed by atoms with Crippen molar-refractivity contribution in [2.45, 2.75) is 32.9 Å². The highest BCUT2D eigenvalue weighted by molar-refractivity contribution is 5.87. The number of fused-ring (bicyclic) bond motifs is 1. The SMILES string of the molecule is Cc1cccn2c(=O)c(C=N[C@@H](C)c3ccccc3)c(N[C@@H](C)c3ccccc3)nc12. The monoisotopic (exact) mass is 410 g/mol. The predicted octanol–water partition coefficient (Wildman–Crippen LogP) is 5.36. The van der Waals surface area contributed by atoms with Gasteiger partial charge in [0.1, 0.15) is 17.0 Å². The Morgan fingerprint density at radius 2 is 1.58 bits per heavy atom. The molecule has 0 aliphatic rings. The molecule has 4 aromatic rings. The van der Waals surface area contributed by atoms with Crippen molar-refractivity contribution in [1.82, 2.24) is 9.38 Å². The Morgan fingerprint density at radius 3 is 2.26 bits per heavy atom. The van der Waals surface area contributed by atoms with E-state index < -0.39 is 0 Å². The highest BCUT2D eigenvalue weighted by Crippen LogP contribution is 2.21. The van der Waals surface area contributed by atoms with Crippen molar-refractivity contribution < 1.29 is 0 Å². The van der Waals surface area contributed by atoms with E-state index in [4.69, 9.17) is 4.98 Å². The number of pyridine rings is 1. The van der Waals surface area contributed by atoms with E-state index in [1.54, 1.807) is 16.8 Å². The summed E-state index contributed by atoms with van der Waals surface area (Å²) in [5, 5.41) is 3.43. The molecule has 0 saturated carbocycles. The van der Waals surface area contributed by atoms with Crippen LogP contribution >= 0.6 is 0 Å². The summed E-state index contributed by atoms with van der Waals surface area (Å²) in [4.78, 5) is 22.8. The average Bonchev–Trinajstić information content (AvgIpc) is 2.80. The zero-order valence-electron chi connectivity index (χ0n) is 18.0. The van der Waals surface area contributed by atoms with Crippen molar-refractivity contribution >= 4 is 17.7 Å². The van der Waals surface area contributed by atoms with Crippen LogP contribution in [0.25, 0.3) is 5.65 Å². The third-order valence-corrected chi connectivity index (χ3v) is 5.45. The second-order valence-electron chi connectivity index (χ2n) is 7.71. The lowest BCUT2D eigenvalue weighted by atomic mass is 10.1. The fourth-order valence-corrected chi connectivity index (χ4v) is 3.57. The van der Waals surface area contributed by atoms with Crippen LogP contribution in [-0.2, 0) is 0 Å². The van der Waals surface area contributed by atoms with Gasteiger partial charge in [-0.1, -0.05) is 66.7 Å². The van der Waals surface area contributed by atoms with Gasteiger partial charge in [0, 0.05) is 18.5 Å². The average molecular weight is 411 g/mol. The minimum atomic E-state index is -0.138. The smallest absolute Gasteiger partial charge is 0.268 e. The topological polar surface area (TPSA) is 58.8 Å². The number of aromatic nitrogens is 2. The van der Waals surface area contributed by atoms with E-state index in [2.05, 4.69) is 29.4 Å². The molecule has 0 saturated heterocycles. The van der Waals surface area contributed by atoms with Crippen molar-refractivity contribution in [3.05, 3.63) is 112 Å². The quantitative estimate of drug-likeness (QED) is 0.436. The molecule has 4 rings (SSSR count). The van der Waals surface area contributed by atoms with E-state index in [9.17, 15) is 4.79 Å². The zero-order chi connectivity index (χ0) is 21.8. The maximum Gasteiger partial charge on any atom is 0.268 e. The lowest BCUT2D eigenvalue weighted by Crippen LogP contribution is -2.24. The lowest BCUT2D eigenvalue weighted by Gasteiger charge is -2.17. The number of aryl methyl sites for hydroxylation is 1. The summed E-state index contributed by atoms with van der Waals surface area (Å²) in [6.45, 7) is 6.03. The number of hydrogen-bond acceptors (Lipinski definition) is 4. The fourth-order valence-electron chi connectivity index (χ4n) is 3.57. The van der Waals surface area contributed by atoms with Crippen LogP contribution in [-0.4, -0.2) is 15.6 Å². The summed E-state index contributed by atoms with van der Waals surface area (Å²) in [5.74, 6) is 0.541. The largest absolute Gasteiger partial charge is 0.363 e. The number of hydrogen-bond donors (Lipinski definition) is 1. The van der Waals surface area contributed by atoms with Crippen LogP contribution < -0.4 is 10.9 Å². The Bertz CT molecular complexity index is 1260. The normalized spacial score (nSPS) is 13.4. The van der Waals surface area contributed by atoms with Gasteiger partial charge >= 0.3 is 0 Å². The number of nitrogens with one attached hydrogen (secondary N) is 1. The predicted molar refractivity (Wildman–Crippen MR) is 127 cm³/mol. The van der Waals surface area contributed by atoms with E-state index >= 15 is 0 Å². The molecule has 0 bridgehead atoms. The van der Waals surface area contributed by atoms with E-state index in [1.165, 1.54) is 0 Å². The number of aliphatic imine (C=N–C) groups is 1. The minimum absolute atomic E-state index is 0.0155. The molecule has 5 nitrogen and oxygen atoms in total. The highest BCUT2D eigenvalue weighted by atomic mass is 16.1. The van der Waals surface area contributed by atoms with E-state index in [0.29, 0.717) is 17.0 Å². The van der Waals surface area contributed by atoms with Crippen molar-refractivity contribution in [2.75, 3.05) is 5.32 Å². The molecule has 31 heavy (non-hydrogen) atoms. The molecule has 0 radical (unpaired) electrons. The van der Waals surface area contributed by atoms with Gasteiger partial charge < -0.3 is 5.32 Å². The van der Waals surface area contributed by atoms with Gasteiger partial charge in [0.2, 0.25) is 0 Å². The molecule has 0 aliphatic carbocycles. The molecule has 2 heterocycles. The highest BCUT2D eigenvalue weighted by Gasteiger charge is 2.15. The molecular formula is C26H26N4O. The molecule has 0 spiro atoms. The number of rotatable bonds is 6. The standard InChI is InChI=1S/C26H26N4O/c1-18-11-10-16-30-25(18)29-24(28-20(3)22-14-8-5-9-15-22)23(26(30)31)17-27-19(2)21-12-6-4-7-13-21/h4-17,19-20,28H,1-3H3/t19-,20-/m0/s1. The Kier molecular flexibility index (Phi) is 5.94. The van der Waals surface area contributed by atoms with Gasteiger partial charge in [0.05, 0.1) is 6.04 Å². The molecule has 2 aromatic heterocycles. The van der Waals surface area contributed by atoms with Gasteiger partial charge in [-0.15, -0.1) is 0 Å². The molecule has 2 aromatic carbocycles. The fraction of sp³-hybridized carbons (Fsp3) is 0.192. The summed E-state index contributed by atoms with van der Waals surface area (Å²) in [7, 11) is 0. The maximum absolute atomic E-state index is 13.4. The van der Waals surface area contributed by atoms with Crippen molar-refractivity contribution in [1.29, 1.82) is 0 Å². The van der Waals surface area contributed by atoms with Gasteiger partial charge in [-0.25, -0.2) is 4.98 Å². The van der Waals surface area contributed by atoms with Crippen LogP contribution in [0, 0.1) is 6.92 Å². The van der Waals surface area contributed by atoms with Crippen LogP contribution in [0.3, 0.4) is 0 Å². The molecule has 5 heteroatoms. The second-order valence-corrected chi connectivity index (χ2v) is 7.71. The molecule has 1 N–H and O–H groups in total. The molecule has 2 atom stereocenters. The van der Waals surface area contributed by atoms with E-state index in [0.717, 1.165) is 16.7 Å². The first-order chi connectivity index (χ1) is 15.0. The molecule has 0 unspecified atom stereocenters. The van der Waals surface area contributed by atoms with Crippen LogP contribution in [0.1, 0.15) is 48.2 Å². The Balaban J connectivity index is 1.78. The van der Waals surface area contributed by atoms with Crippen LogP contribution in [0.2, 0.25) is 0 Å². The van der Waals surface area contributed by atoms with Crippen molar-refractivity contribution in [3.63, 3.8) is 0 Å². The Morgan fingerprint density at radius 1 is 0.935 bits per heavy atom. The second kappa shape index (κ2) is 8.96. The van der Waals surface area contributed by atoms with Crippen LogP contribution in [0.5, 0.6) is 0 Å². The first-order valence-electron chi connectivity index (χ1n) is 10.5. The maximum atomic E-state index is 13.4. The molecule has 156 valence electrons. The number of anilines is 1. The van der Waals surface area contributed by atoms with E-state index in [1.807, 2.05) is 74.5 Å². The first-order valence-corrected chi connectivity index (χ1v) is 10.5. The van der Waals surface area contributed by atoms with E-state index in [-0.39, 0.29) is 17.6 Å². The molecule has 0 amide bonds. The minimum Gasteiger partial charge on any atom is -0.363 e. The Hall–Kier alpha value is -3.73. The molecule has 0 fully saturated rings. The van der Waals surface area contributed by atoms with Crippen LogP contribution in [0.15, 0.2) is 88.8 Å². The third-order valence-electron chi connectivity index (χ3n) is 5.45. The lowest BCUT2D eigenvalue weighted by molar-refractivity contribution is 0.824. The molecular weight excluding hydrogens is 384 g/mol. The first kappa shape index (κ1) is 20.5. The third kappa shape index (κ3) is 4.40. The van der Waals surface area contributed by atoms with Gasteiger partial charge in [0.15, 0.2) is 0 Å². The van der Waals surface area contributed by atoms with Crippen molar-refractivity contribution in [3.8, 4) is 0 Å². The summed E-state index contributed by atoms with van der Waals surface area (Å²) in [6, 6.07) is 23.9. The van der Waals surface area contributed by atoms with Crippen molar-refractivity contribution in [2.24, 2.45) is 4.99 Å². The molecule has 0 aliphatic heterocycles. The number of nitrogens with zero attached hydrogens (tertiary/aromatic N) is 3.